The van der Waals surface area contributed by atoms with Crippen molar-refractivity contribution >= 4 is 0 Å². The summed E-state index contributed by atoms with van der Waals surface area (Å²) in [5.74, 6) is 0. The molecule has 0 amide bonds. The number of hydrogen-bond donors (Lipinski definition) is 1. The van der Waals surface area contributed by atoms with E-state index in [1.807, 2.05) is 0 Å². The molecule has 3 heteroatoms. The standard InChI is InChI=1S/C14H31N3/c1-4-10-17(12-5-11-16(2)3)14-8-6-13(15)7-9-14/h13-14H,4-12,15H2,1-3H3. The van der Waals surface area contributed by atoms with Crippen LogP contribution in [0.5, 0.6) is 0 Å². The van der Waals surface area contributed by atoms with E-state index >= 15 is 0 Å². The zero-order chi connectivity index (χ0) is 12.7. The highest BCUT2D eigenvalue weighted by molar-refractivity contribution is 4.81. The molecule has 1 rings (SSSR count). The summed E-state index contributed by atoms with van der Waals surface area (Å²) in [6, 6.07) is 1.27. The molecule has 3 nitrogen and oxygen atoms in total. The molecule has 0 aromatic rings. The van der Waals surface area contributed by atoms with Crippen molar-refractivity contribution < 1.29 is 0 Å². The third-order valence-corrected chi connectivity index (χ3v) is 3.82. The maximum atomic E-state index is 5.99. The Hall–Kier alpha value is -0.120. The molecule has 0 aromatic carbocycles. The van der Waals surface area contributed by atoms with Crippen molar-refractivity contribution in [1.82, 2.24) is 9.80 Å². The minimum atomic E-state index is 0.469. The molecule has 0 radical (unpaired) electrons. The summed E-state index contributed by atoms with van der Waals surface area (Å²) >= 11 is 0. The zero-order valence-corrected chi connectivity index (χ0v) is 12.0. The highest BCUT2D eigenvalue weighted by Crippen LogP contribution is 2.22. The van der Waals surface area contributed by atoms with E-state index < -0.39 is 0 Å². The second-order valence-corrected chi connectivity index (χ2v) is 5.76. The second-order valence-electron chi connectivity index (χ2n) is 5.76. The van der Waals surface area contributed by atoms with Gasteiger partial charge in [-0.15, -0.1) is 0 Å². The van der Waals surface area contributed by atoms with E-state index in [0.29, 0.717) is 6.04 Å². The average Bonchev–Trinajstić information content (AvgIpc) is 2.29. The summed E-state index contributed by atoms with van der Waals surface area (Å²) in [6.45, 7) is 6.00. The van der Waals surface area contributed by atoms with Gasteiger partial charge >= 0.3 is 0 Å². The first kappa shape index (κ1) is 14.9. The molecule has 0 aromatic heterocycles. The molecule has 0 spiro atoms. The Morgan fingerprint density at radius 2 is 1.65 bits per heavy atom. The van der Waals surface area contributed by atoms with Gasteiger partial charge in [-0.05, 0) is 72.3 Å². The fraction of sp³-hybridized carbons (Fsp3) is 1.00. The topological polar surface area (TPSA) is 32.5 Å². The second kappa shape index (κ2) is 8.06. The largest absolute Gasteiger partial charge is 0.328 e. The molecule has 0 aliphatic heterocycles. The van der Waals surface area contributed by atoms with Crippen LogP contribution in [0.4, 0.5) is 0 Å². The summed E-state index contributed by atoms with van der Waals surface area (Å²) < 4.78 is 0. The van der Waals surface area contributed by atoms with Crippen molar-refractivity contribution in [3.63, 3.8) is 0 Å². The van der Waals surface area contributed by atoms with Crippen molar-refractivity contribution in [2.45, 2.75) is 57.5 Å². The van der Waals surface area contributed by atoms with Gasteiger partial charge in [-0.3, -0.25) is 0 Å². The van der Waals surface area contributed by atoms with Gasteiger partial charge in [0.15, 0.2) is 0 Å². The maximum absolute atomic E-state index is 5.99. The van der Waals surface area contributed by atoms with E-state index in [2.05, 4.69) is 30.8 Å². The molecule has 1 saturated carbocycles. The molecule has 1 aliphatic carbocycles. The number of rotatable bonds is 7. The van der Waals surface area contributed by atoms with Gasteiger partial charge in [0.2, 0.25) is 0 Å². The van der Waals surface area contributed by atoms with Crippen LogP contribution in [0, 0.1) is 0 Å². The summed E-state index contributed by atoms with van der Waals surface area (Å²) in [7, 11) is 4.31. The predicted octanol–water partition coefficient (Wildman–Crippen LogP) is 1.92. The summed E-state index contributed by atoms with van der Waals surface area (Å²) in [5, 5.41) is 0. The molecule has 0 heterocycles. The average molecular weight is 241 g/mol. The third kappa shape index (κ3) is 5.84. The third-order valence-electron chi connectivity index (χ3n) is 3.82. The highest BCUT2D eigenvalue weighted by atomic mass is 15.2. The van der Waals surface area contributed by atoms with Gasteiger partial charge < -0.3 is 15.5 Å². The molecular weight excluding hydrogens is 210 g/mol. The molecule has 0 saturated heterocycles. The summed E-state index contributed by atoms with van der Waals surface area (Å²) in [4.78, 5) is 4.98. The van der Waals surface area contributed by atoms with E-state index in [1.165, 1.54) is 58.2 Å². The molecule has 1 fully saturated rings. The first-order valence-electron chi connectivity index (χ1n) is 7.27. The van der Waals surface area contributed by atoms with Crippen LogP contribution in [-0.2, 0) is 0 Å². The van der Waals surface area contributed by atoms with Gasteiger partial charge in [-0.2, -0.15) is 0 Å². The van der Waals surface area contributed by atoms with Crippen LogP contribution in [-0.4, -0.2) is 55.6 Å². The summed E-state index contributed by atoms with van der Waals surface area (Å²) in [5.41, 5.74) is 5.99. The van der Waals surface area contributed by atoms with Crippen LogP contribution >= 0.6 is 0 Å². The van der Waals surface area contributed by atoms with Crippen LogP contribution in [0.15, 0.2) is 0 Å². The minimum Gasteiger partial charge on any atom is -0.328 e. The quantitative estimate of drug-likeness (QED) is 0.739. The molecule has 17 heavy (non-hydrogen) atoms. The normalized spacial score (nSPS) is 25.8. The van der Waals surface area contributed by atoms with Crippen molar-refractivity contribution in [2.24, 2.45) is 5.73 Å². The molecule has 1 aliphatic rings. The SMILES string of the molecule is CCCN(CCCN(C)C)C1CCC(N)CC1. The van der Waals surface area contributed by atoms with Gasteiger partial charge in [0, 0.05) is 12.1 Å². The predicted molar refractivity (Wildman–Crippen MR) is 75.3 cm³/mol. The number of nitrogens with zero attached hydrogens (tertiary/aromatic N) is 2. The molecule has 102 valence electrons. The fourth-order valence-corrected chi connectivity index (χ4v) is 2.82. The first-order valence-corrected chi connectivity index (χ1v) is 7.27. The van der Waals surface area contributed by atoms with Crippen LogP contribution in [0.25, 0.3) is 0 Å². The fourth-order valence-electron chi connectivity index (χ4n) is 2.82. The van der Waals surface area contributed by atoms with Gasteiger partial charge in [0.1, 0.15) is 0 Å². The Labute approximate surface area is 107 Å². The van der Waals surface area contributed by atoms with Crippen molar-refractivity contribution in [2.75, 3.05) is 33.7 Å². The lowest BCUT2D eigenvalue weighted by Gasteiger charge is -2.36. The Morgan fingerprint density at radius 1 is 1.00 bits per heavy atom. The van der Waals surface area contributed by atoms with Crippen molar-refractivity contribution in [1.29, 1.82) is 0 Å². The van der Waals surface area contributed by atoms with Gasteiger partial charge in [0.25, 0.3) is 0 Å². The van der Waals surface area contributed by atoms with E-state index in [-0.39, 0.29) is 0 Å². The maximum Gasteiger partial charge on any atom is 0.00964 e. The molecule has 2 N–H and O–H groups in total. The first-order chi connectivity index (χ1) is 8.13. The Bertz CT molecular complexity index is 186. The van der Waals surface area contributed by atoms with Crippen molar-refractivity contribution in [3.05, 3.63) is 0 Å². The molecule has 0 unspecified atom stereocenters. The molecule has 0 bridgehead atoms. The highest BCUT2D eigenvalue weighted by Gasteiger charge is 2.23. The van der Waals surface area contributed by atoms with Crippen LogP contribution in [0.3, 0.4) is 0 Å². The molecule has 0 atom stereocenters. The van der Waals surface area contributed by atoms with E-state index in [0.717, 1.165) is 6.04 Å². The number of hydrogen-bond acceptors (Lipinski definition) is 3. The zero-order valence-electron chi connectivity index (χ0n) is 12.0. The minimum absolute atomic E-state index is 0.469. The van der Waals surface area contributed by atoms with Crippen molar-refractivity contribution in [3.8, 4) is 0 Å². The Balaban J connectivity index is 2.31. The Morgan fingerprint density at radius 3 is 2.18 bits per heavy atom. The van der Waals surface area contributed by atoms with E-state index in [1.54, 1.807) is 0 Å². The lowest BCUT2D eigenvalue weighted by Crippen LogP contribution is -2.42. The smallest absolute Gasteiger partial charge is 0.00964 e. The van der Waals surface area contributed by atoms with E-state index in [9.17, 15) is 0 Å². The summed E-state index contributed by atoms with van der Waals surface area (Å²) in [6.07, 6.45) is 7.61. The lowest BCUT2D eigenvalue weighted by molar-refractivity contribution is 0.144. The van der Waals surface area contributed by atoms with Crippen LogP contribution < -0.4 is 5.73 Å². The van der Waals surface area contributed by atoms with Gasteiger partial charge in [-0.1, -0.05) is 6.92 Å². The number of nitrogens with two attached hydrogens (primary N) is 1. The van der Waals surface area contributed by atoms with E-state index in [4.69, 9.17) is 5.73 Å². The van der Waals surface area contributed by atoms with Gasteiger partial charge in [0.05, 0.1) is 0 Å². The van der Waals surface area contributed by atoms with Crippen LogP contribution in [0.2, 0.25) is 0 Å². The van der Waals surface area contributed by atoms with Crippen LogP contribution in [0.1, 0.15) is 45.4 Å². The lowest BCUT2D eigenvalue weighted by atomic mass is 9.90. The molecular formula is C14H31N3. The Kier molecular flexibility index (Phi) is 7.09. The van der Waals surface area contributed by atoms with Gasteiger partial charge in [-0.25, -0.2) is 0 Å². The monoisotopic (exact) mass is 241 g/mol.